The molecule has 0 spiro atoms. The van der Waals surface area contributed by atoms with Gasteiger partial charge in [-0.25, -0.2) is 0 Å². The third-order valence-electron chi connectivity index (χ3n) is 4.43. The van der Waals surface area contributed by atoms with Gasteiger partial charge in [-0.15, -0.1) is 10.2 Å². The Morgan fingerprint density at radius 1 is 1.08 bits per heavy atom. The maximum absolute atomic E-state index is 12.8. The molecule has 0 radical (unpaired) electrons. The summed E-state index contributed by atoms with van der Waals surface area (Å²) in [5.74, 6) is 0.774. The number of carbonyl (C=O) groups excluding carboxylic acids is 1. The Kier molecular flexibility index (Phi) is 4.34. The summed E-state index contributed by atoms with van der Waals surface area (Å²) in [7, 11) is 1.98. The molecular weight excluding hydrogens is 346 g/mol. The van der Waals surface area contributed by atoms with E-state index in [-0.39, 0.29) is 11.5 Å². The van der Waals surface area contributed by atoms with E-state index < -0.39 is 0 Å². The van der Waals surface area contributed by atoms with Gasteiger partial charge < -0.3 is 8.98 Å². The number of hydrogen-bond donors (Lipinski definition) is 0. The van der Waals surface area contributed by atoms with Gasteiger partial charge in [0, 0.05) is 34.8 Å². The predicted octanol–water partition coefficient (Wildman–Crippen LogP) is 4.51. The first-order chi connectivity index (χ1) is 12.6. The third kappa shape index (κ3) is 2.93. The minimum Gasteiger partial charge on any atom is -0.411 e. The molecular formula is C20H17N3O2S. The second kappa shape index (κ2) is 6.80. The maximum atomic E-state index is 12.8. The fourth-order valence-corrected chi connectivity index (χ4v) is 3.67. The van der Waals surface area contributed by atoms with Gasteiger partial charge in [0.25, 0.3) is 5.22 Å². The number of nitrogens with zero attached hydrogens (tertiary/aromatic N) is 3. The predicted molar refractivity (Wildman–Crippen MR) is 102 cm³/mol. The lowest BCUT2D eigenvalue weighted by molar-refractivity contribution is 0.102. The molecule has 0 aliphatic carbocycles. The fourth-order valence-electron chi connectivity index (χ4n) is 3.04. The van der Waals surface area contributed by atoms with Gasteiger partial charge in [0.05, 0.1) is 5.75 Å². The molecule has 5 nitrogen and oxygen atoms in total. The van der Waals surface area contributed by atoms with Crippen molar-refractivity contribution >= 4 is 28.4 Å². The van der Waals surface area contributed by atoms with E-state index in [1.807, 2.05) is 73.1 Å². The smallest absolute Gasteiger partial charge is 0.277 e. The zero-order valence-electron chi connectivity index (χ0n) is 14.5. The topological polar surface area (TPSA) is 60.9 Å². The van der Waals surface area contributed by atoms with Crippen molar-refractivity contribution in [1.82, 2.24) is 14.8 Å². The molecule has 26 heavy (non-hydrogen) atoms. The number of ketones is 1. The van der Waals surface area contributed by atoms with E-state index in [9.17, 15) is 4.79 Å². The molecule has 130 valence electrons. The summed E-state index contributed by atoms with van der Waals surface area (Å²) >= 11 is 1.27. The molecule has 0 fully saturated rings. The van der Waals surface area contributed by atoms with Crippen molar-refractivity contribution in [3.63, 3.8) is 0 Å². The van der Waals surface area contributed by atoms with Crippen LogP contribution in [0.4, 0.5) is 0 Å². The van der Waals surface area contributed by atoms with Crippen LogP contribution in [0, 0.1) is 6.92 Å². The summed E-state index contributed by atoms with van der Waals surface area (Å²) in [6.07, 6.45) is 0. The van der Waals surface area contributed by atoms with Gasteiger partial charge in [-0.2, -0.15) is 0 Å². The number of para-hydroxylation sites is 1. The first kappa shape index (κ1) is 16.6. The molecule has 2 heterocycles. The standard InChI is InChI=1S/C20H17N3O2S/c1-13-18(15-10-6-7-11-16(15)23(13)2)17(24)12-26-20-22-21-19(25-20)14-8-4-3-5-9-14/h3-11H,12H2,1-2H3. The minimum atomic E-state index is 0.0590. The lowest BCUT2D eigenvalue weighted by Crippen LogP contribution is -2.04. The molecule has 0 atom stereocenters. The zero-order valence-corrected chi connectivity index (χ0v) is 15.3. The quantitative estimate of drug-likeness (QED) is 0.386. The molecule has 2 aromatic heterocycles. The van der Waals surface area contributed by atoms with E-state index >= 15 is 0 Å². The first-order valence-electron chi connectivity index (χ1n) is 8.24. The SMILES string of the molecule is Cc1c(C(=O)CSc2nnc(-c3ccccc3)o2)c2ccccc2n1C. The van der Waals surface area contributed by atoms with Crippen LogP contribution in [0.15, 0.2) is 64.2 Å². The number of aromatic nitrogens is 3. The van der Waals surface area contributed by atoms with Crippen LogP contribution in [0.2, 0.25) is 0 Å². The molecule has 0 saturated heterocycles. The zero-order chi connectivity index (χ0) is 18.1. The summed E-state index contributed by atoms with van der Waals surface area (Å²) in [5, 5.41) is 9.47. The van der Waals surface area contributed by atoms with Crippen LogP contribution >= 0.6 is 11.8 Å². The van der Waals surface area contributed by atoms with Crippen molar-refractivity contribution in [3.8, 4) is 11.5 Å². The Morgan fingerprint density at radius 2 is 1.81 bits per heavy atom. The van der Waals surface area contributed by atoms with Crippen LogP contribution < -0.4 is 0 Å². The van der Waals surface area contributed by atoms with Crippen molar-refractivity contribution in [2.75, 3.05) is 5.75 Å². The molecule has 4 aromatic rings. The van der Waals surface area contributed by atoms with Crippen LogP contribution in [0.25, 0.3) is 22.4 Å². The van der Waals surface area contributed by atoms with Crippen molar-refractivity contribution in [2.24, 2.45) is 7.05 Å². The van der Waals surface area contributed by atoms with Crippen LogP contribution in [-0.4, -0.2) is 26.3 Å². The second-order valence-electron chi connectivity index (χ2n) is 5.99. The monoisotopic (exact) mass is 363 g/mol. The molecule has 4 rings (SSSR count). The summed E-state index contributed by atoms with van der Waals surface area (Å²) in [6.45, 7) is 1.97. The van der Waals surface area contributed by atoms with Gasteiger partial charge in [-0.05, 0) is 25.1 Å². The molecule has 0 N–H and O–H groups in total. The lowest BCUT2D eigenvalue weighted by Gasteiger charge is -2.01. The molecule has 0 saturated carbocycles. The summed E-state index contributed by atoms with van der Waals surface area (Å²) in [4.78, 5) is 12.8. The molecule has 0 amide bonds. The van der Waals surface area contributed by atoms with Crippen molar-refractivity contribution < 1.29 is 9.21 Å². The van der Waals surface area contributed by atoms with E-state index in [0.29, 0.717) is 11.1 Å². The Bertz CT molecular complexity index is 1080. The summed E-state index contributed by atoms with van der Waals surface area (Å²) < 4.78 is 7.71. The number of aryl methyl sites for hydroxylation is 1. The maximum Gasteiger partial charge on any atom is 0.277 e. The molecule has 0 unspecified atom stereocenters. The van der Waals surface area contributed by atoms with Gasteiger partial charge in [0.1, 0.15) is 0 Å². The summed E-state index contributed by atoms with van der Waals surface area (Å²) in [6, 6.07) is 17.5. The highest BCUT2D eigenvalue weighted by molar-refractivity contribution is 7.99. The van der Waals surface area contributed by atoms with Crippen molar-refractivity contribution in [1.29, 1.82) is 0 Å². The average molecular weight is 363 g/mol. The van der Waals surface area contributed by atoms with Crippen molar-refractivity contribution in [2.45, 2.75) is 12.1 Å². The lowest BCUT2D eigenvalue weighted by atomic mass is 10.1. The number of thioether (sulfide) groups is 1. The number of carbonyl (C=O) groups is 1. The Morgan fingerprint density at radius 3 is 2.62 bits per heavy atom. The van der Waals surface area contributed by atoms with E-state index in [1.165, 1.54) is 11.8 Å². The fraction of sp³-hybridized carbons (Fsp3) is 0.150. The number of benzene rings is 2. The van der Waals surface area contributed by atoms with Crippen molar-refractivity contribution in [3.05, 3.63) is 65.9 Å². The molecule has 2 aromatic carbocycles. The van der Waals surface area contributed by atoms with E-state index in [0.717, 1.165) is 27.7 Å². The molecule has 0 aliphatic rings. The van der Waals surface area contributed by atoms with Gasteiger partial charge in [-0.1, -0.05) is 48.2 Å². The van der Waals surface area contributed by atoms with Gasteiger partial charge in [0.2, 0.25) is 5.89 Å². The van der Waals surface area contributed by atoms with Crippen LogP contribution in [-0.2, 0) is 7.05 Å². The molecule has 0 aliphatic heterocycles. The number of rotatable bonds is 5. The van der Waals surface area contributed by atoms with E-state index in [2.05, 4.69) is 10.2 Å². The van der Waals surface area contributed by atoms with Gasteiger partial charge in [-0.3, -0.25) is 4.79 Å². The van der Waals surface area contributed by atoms with E-state index in [1.54, 1.807) is 0 Å². The largest absolute Gasteiger partial charge is 0.411 e. The minimum absolute atomic E-state index is 0.0590. The third-order valence-corrected chi connectivity index (χ3v) is 5.25. The average Bonchev–Trinajstić information content (AvgIpc) is 3.25. The van der Waals surface area contributed by atoms with E-state index in [4.69, 9.17) is 4.42 Å². The number of Topliss-reactive ketones (excluding diaryl/α,β-unsaturated/α-hetero) is 1. The van der Waals surface area contributed by atoms with Crippen LogP contribution in [0.5, 0.6) is 0 Å². The highest BCUT2D eigenvalue weighted by atomic mass is 32.2. The van der Waals surface area contributed by atoms with Crippen LogP contribution in [0.1, 0.15) is 16.1 Å². The van der Waals surface area contributed by atoms with Gasteiger partial charge in [0.15, 0.2) is 5.78 Å². The number of hydrogen-bond acceptors (Lipinski definition) is 5. The first-order valence-corrected chi connectivity index (χ1v) is 9.22. The highest BCUT2D eigenvalue weighted by Gasteiger charge is 2.19. The Hall–Kier alpha value is -2.86. The Balaban J connectivity index is 1.54. The normalized spacial score (nSPS) is 11.2. The van der Waals surface area contributed by atoms with Crippen LogP contribution in [0.3, 0.4) is 0 Å². The molecule has 6 heteroatoms. The second-order valence-corrected chi connectivity index (χ2v) is 6.91. The highest BCUT2D eigenvalue weighted by Crippen LogP contribution is 2.28. The molecule has 0 bridgehead atoms. The van der Waals surface area contributed by atoms with Gasteiger partial charge >= 0.3 is 0 Å². The Labute approximate surface area is 155 Å². The number of fused-ring (bicyclic) bond motifs is 1. The summed E-state index contributed by atoms with van der Waals surface area (Å²) in [5.41, 5.74) is 3.65.